The van der Waals surface area contributed by atoms with Crippen molar-refractivity contribution in [1.29, 1.82) is 0 Å². The van der Waals surface area contributed by atoms with Crippen LogP contribution in [0.5, 0.6) is 0 Å². The van der Waals surface area contributed by atoms with Gasteiger partial charge in [0.25, 0.3) is 5.56 Å². The van der Waals surface area contributed by atoms with Crippen LogP contribution in [0, 0.1) is 5.82 Å². The maximum Gasteiger partial charge on any atom is 0.407 e. The van der Waals surface area contributed by atoms with Crippen LogP contribution in [0.1, 0.15) is 52.1 Å². The van der Waals surface area contributed by atoms with E-state index in [1.54, 1.807) is 25.3 Å². The van der Waals surface area contributed by atoms with Crippen LogP contribution in [-0.4, -0.2) is 40.4 Å². The molecule has 9 heteroatoms. The summed E-state index contributed by atoms with van der Waals surface area (Å²) in [5.41, 5.74) is -0.0135. The van der Waals surface area contributed by atoms with E-state index in [0.29, 0.717) is 49.1 Å². The highest BCUT2D eigenvalue weighted by Gasteiger charge is 2.32. The maximum absolute atomic E-state index is 15.2. The van der Waals surface area contributed by atoms with E-state index >= 15 is 4.39 Å². The summed E-state index contributed by atoms with van der Waals surface area (Å²) in [6, 6.07) is 0.962. The first kappa shape index (κ1) is 20.4. The number of hydrogen-bond acceptors (Lipinski definition) is 5. The second kappa shape index (κ2) is 7.14. The normalized spacial score (nSPS) is 21.2. The zero-order valence-electron chi connectivity index (χ0n) is 17.7. The first-order valence-corrected chi connectivity index (χ1v) is 10.3. The predicted octanol–water partition coefficient (Wildman–Crippen LogP) is 2.44. The summed E-state index contributed by atoms with van der Waals surface area (Å²) < 4.78 is 22.0. The largest absolute Gasteiger partial charge is 0.444 e. The third kappa shape index (κ3) is 3.57. The van der Waals surface area contributed by atoms with Crippen LogP contribution in [0.25, 0.3) is 10.9 Å². The fraction of sp³-hybridized carbons (Fsp3) is 0.571. The van der Waals surface area contributed by atoms with Gasteiger partial charge in [0.2, 0.25) is 0 Å². The number of rotatable bonds is 2. The number of nitrogens with one attached hydrogen (secondary N) is 2. The van der Waals surface area contributed by atoms with Crippen LogP contribution >= 0.6 is 0 Å². The number of ether oxygens (including phenoxy) is 1. The summed E-state index contributed by atoms with van der Waals surface area (Å²) >= 11 is 0. The van der Waals surface area contributed by atoms with E-state index < -0.39 is 28.8 Å². The Morgan fingerprint density at radius 2 is 2.03 bits per heavy atom. The lowest BCUT2D eigenvalue weighted by Gasteiger charge is -2.30. The Kier molecular flexibility index (Phi) is 4.86. The number of carbonyl (C=O) groups is 1. The zero-order valence-corrected chi connectivity index (χ0v) is 17.7. The number of nitrogens with zero attached hydrogens (tertiary/aromatic N) is 2. The highest BCUT2D eigenvalue weighted by molar-refractivity contribution is 5.88. The van der Waals surface area contributed by atoms with Crippen molar-refractivity contribution in [3.8, 4) is 0 Å². The number of carbonyl (C=O) groups excluding carboxylic acids is 1. The van der Waals surface area contributed by atoms with Crippen molar-refractivity contribution in [2.24, 2.45) is 0 Å². The van der Waals surface area contributed by atoms with E-state index in [1.807, 2.05) is 11.8 Å². The number of aromatic amines is 1. The monoisotopic (exact) mass is 418 g/mol. The Morgan fingerprint density at radius 1 is 1.30 bits per heavy atom. The van der Waals surface area contributed by atoms with Crippen LogP contribution in [0.4, 0.5) is 14.9 Å². The SMILES string of the molecule is CC1CCc2c(N3CC[C@H](NC(=O)OC(C)(C)C)C3)c(F)cc3c(=O)[nH]c(=O)n1c23. The molecule has 1 amide bonds. The molecule has 0 spiro atoms. The van der Waals surface area contributed by atoms with Gasteiger partial charge in [-0.05, 0) is 53.0 Å². The topological polar surface area (TPSA) is 96.4 Å². The number of amides is 1. The minimum Gasteiger partial charge on any atom is -0.444 e. The standard InChI is InChI=1S/C21H27FN4O4/c1-11-5-6-13-16-14(18(27)24-19(28)26(11)16)9-15(22)17(13)25-8-7-12(10-25)23-20(29)30-21(2,3)4/h9,11-12H,5-8,10H2,1-4H3,(H,23,29)(H,24,27,28)/t11?,12-/m0/s1. The molecule has 2 aliphatic heterocycles. The Balaban J connectivity index is 1.70. The van der Waals surface area contributed by atoms with Crippen molar-refractivity contribution in [1.82, 2.24) is 14.9 Å². The predicted molar refractivity (Wildman–Crippen MR) is 112 cm³/mol. The van der Waals surface area contributed by atoms with Gasteiger partial charge < -0.3 is 15.0 Å². The Labute approximate surface area is 173 Å². The van der Waals surface area contributed by atoms with Crippen molar-refractivity contribution in [3.63, 3.8) is 0 Å². The quantitative estimate of drug-likeness (QED) is 0.781. The molecule has 4 rings (SSSR count). The summed E-state index contributed by atoms with van der Waals surface area (Å²) in [5.74, 6) is -0.485. The van der Waals surface area contributed by atoms with E-state index in [9.17, 15) is 14.4 Å². The van der Waals surface area contributed by atoms with E-state index in [2.05, 4.69) is 10.3 Å². The second-order valence-corrected chi connectivity index (χ2v) is 9.18. The fourth-order valence-electron chi connectivity index (χ4n) is 4.49. The molecule has 0 radical (unpaired) electrons. The van der Waals surface area contributed by atoms with E-state index in [0.717, 1.165) is 0 Å². The van der Waals surface area contributed by atoms with E-state index in [1.165, 1.54) is 6.07 Å². The Bertz CT molecular complexity index is 1130. The van der Waals surface area contributed by atoms with Crippen molar-refractivity contribution >= 4 is 22.7 Å². The van der Waals surface area contributed by atoms with Gasteiger partial charge in [0, 0.05) is 24.7 Å². The molecule has 2 atom stereocenters. The Morgan fingerprint density at radius 3 is 2.73 bits per heavy atom. The van der Waals surface area contributed by atoms with Gasteiger partial charge in [0.1, 0.15) is 11.4 Å². The molecule has 2 aliphatic rings. The van der Waals surface area contributed by atoms with Gasteiger partial charge >= 0.3 is 11.8 Å². The van der Waals surface area contributed by atoms with Crippen LogP contribution in [-0.2, 0) is 11.2 Å². The van der Waals surface area contributed by atoms with Crippen molar-refractivity contribution in [2.45, 2.75) is 64.6 Å². The van der Waals surface area contributed by atoms with Crippen molar-refractivity contribution in [2.75, 3.05) is 18.0 Å². The third-order valence-electron chi connectivity index (χ3n) is 5.73. The first-order chi connectivity index (χ1) is 14.0. The minimum atomic E-state index is -0.593. The van der Waals surface area contributed by atoms with Gasteiger partial charge in [-0.25, -0.2) is 14.0 Å². The summed E-state index contributed by atoms with van der Waals surface area (Å²) in [6.07, 6.45) is 1.41. The van der Waals surface area contributed by atoms with Crippen LogP contribution in [0.15, 0.2) is 15.7 Å². The van der Waals surface area contributed by atoms with Crippen molar-refractivity contribution < 1.29 is 13.9 Å². The number of alkyl carbamates (subject to hydrolysis) is 1. The molecule has 3 heterocycles. The van der Waals surface area contributed by atoms with Gasteiger partial charge in [-0.15, -0.1) is 0 Å². The summed E-state index contributed by atoms with van der Waals surface area (Å²) in [5, 5.41) is 3.04. The molecule has 8 nitrogen and oxygen atoms in total. The minimum absolute atomic E-state index is 0.0807. The summed E-state index contributed by atoms with van der Waals surface area (Å²) in [7, 11) is 0. The summed E-state index contributed by atoms with van der Waals surface area (Å²) in [6.45, 7) is 8.29. The molecule has 162 valence electrons. The van der Waals surface area contributed by atoms with Crippen LogP contribution in [0.3, 0.4) is 0 Å². The number of aryl methyl sites for hydroxylation is 1. The number of benzene rings is 1. The first-order valence-electron chi connectivity index (χ1n) is 10.3. The second-order valence-electron chi connectivity index (χ2n) is 9.18. The third-order valence-corrected chi connectivity index (χ3v) is 5.73. The van der Waals surface area contributed by atoms with Crippen molar-refractivity contribution in [3.05, 3.63) is 38.3 Å². The molecule has 1 aromatic carbocycles. The van der Waals surface area contributed by atoms with Gasteiger partial charge in [-0.1, -0.05) is 0 Å². The van der Waals surface area contributed by atoms with E-state index in [4.69, 9.17) is 4.74 Å². The van der Waals surface area contributed by atoms with Gasteiger partial charge in [0.15, 0.2) is 0 Å². The van der Waals surface area contributed by atoms with Crippen LogP contribution < -0.4 is 21.5 Å². The molecule has 30 heavy (non-hydrogen) atoms. The average Bonchev–Trinajstić information content (AvgIpc) is 3.06. The fourth-order valence-corrected chi connectivity index (χ4v) is 4.49. The molecule has 2 aromatic rings. The lowest BCUT2D eigenvalue weighted by molar-refractivity contribution is 0.0509. The van der Waals surface area contributed by atoms with Gasteiger partial charge in [0.05, 0.1) is 22.6 Å². The lowest BCUT2D eigenvalue weighted by Crippen LogP contribution is -2.41. The number of aromatic nitrogens is 2. The van der Waals surface area contributed by atoms with Gasteiger partial charge in [-0.3, -0.25) is 14.3 Å². The van der Waals surface area contributed by atoms with Crippen LogP contribution in [0.2, 0.25) is 0 Å². The molecule has 1 fully saturated rings. The zero-order chi connectivity index (χ0) is 21.8. The highest BCUT2D eigenvalue weighted by Crippen LogP contribution is 2.37. The molecule has 2 N–H and O–H groups in total. The number of hydrogen-bond donors (Lipinski definition) is 2. The van der Waals surface area contributed by atoms with E-state index in [-0.39, 0.29) is 17.5 Å². The molecular weight excluding hydrogens is 391 g/mol. The molecule has 1 aromatic heterocycles. The molecule has 0 bridgehead atoms. The average molecular weight is 418 g/mol. The van der Waals surface area contributed by atoms with Gasteiger partial charge in [-0.2, -0.15) is 0 Å². The smallest absolute Gasteiger partial charge is 0.407 e. The molecule has 1 unspecified atom stereocenters. The lowest BCUT2D eigenvalue weighted by atomic mass is 9.95. The maximum atomic E-state index is 15.2. The Hall–Kier alpha value is -2.84. The molecular formula is C21H27FN4O4. The molecule has 1 saturated heterocycles. The highest BCUT2D eigenvalue weighted by atomic mass is 19.1. The number of anilines is 1. The molecule has 0 saturated carbocycles. The molecule has 0 aliphatic carbocycles. The number of halogens is 1. The summed E-state index contributed by atoms with van der Waals surface area (Å²) in [4.78, 5) is 41.0. The number of H-pyrrole nitrogens is 1.